The van der Waals surface area contributed by atoms with Crippen molar-refractivity contribution in [2.24, 2.45) is 0 Å². The van der Waals surface area contributed by atoms with Crippen molar-refractivity contribution in [2.45, 2.75) is 11.8 Å². The average molecular weight is 325 g/mol. The molecule has 0 saturated heterocycles. The van der Waals surface area contributed by atoms with E-state index >= 15 is 0 Å². The van der Waals surface area contributed by atoms with Gasteiger partial charge in [0.1, 0.15) is 5.82 Å². The molecule has 0 aliphatic rings. The highest BCUT2D eigenvalue weighted by Gasteiger charge is 2.17. The fraction of sp³-hybridized carbons (Fsp3) is 0.125. The van der Waals surface area contributed by atoms with Crippen LogP contribution >= 0.6 is 34.5 Å². The van der Waals surface area contributed by atoms with E-state index in [0.717, 1.165) is 10.9 Å². The number of rotatable bonds is 3. The Morgan fingerprint density at radius 3 is 2.70 bits per heavy atom. The monoisotopic (exact) mass is 324 g/mol. The quantitative estimate of drug-likeness (QED) is 0.502. The number of halogens is 3. The Morgan fingerprint density at radius 2 is 1.90 bits per heavy atom. The first kappa shape index (κ1) is 13.9. The van der Waals surface area contributed by atoms with E-state index in [4.69, 9.17) is 23.2 Å². The Morgan fingerprint density at radius 1 is 1.10 bits per heavy atom. The molecule has 4 heteroatoms. The van der Waals surface area contributed by atoms with Gasteiger partial charge in [-0.25, -0.2) is 4.39 Å². The molecule has 0 amide bonds. The number of alkyl halides is 1. The molecule has 2 aromatic carbocycles. The zero-order valence-corrected chi connectivity index (χ0v) is 12.8. The molecule has 3 aromatic rings. The summed E-state index contributed by atoms with van der Waals surface area (Å²) in [5.74, 6) is -0.303. The lowest BCUT2D eigenvalue weighted by atomic mass is 10.0. The van der Waals surface area contributed by atoms with Crippen molar-refractivity contribution in [3.05, 3.63) is 69.8 Å². The maximum Gasteiger partial charge on any atom is 0.127 e. The molecule has 0 N–H and O–H groups in total. The van der Waals surface area contributed by atoms with Gasteiger partial charge in [0.25, 0.3) is 0 Å². The van der Waals surface area contributed by atoms with Crippen molar-refractivity contribution in [3.8, 4) is 0 Å². The molecule has 3 rings (SSSR count). The molecular weight excluding hydrogens is 314 g/mol. The van der Waals surface area contributed by atoms with Gasteiger partial charge in [-0.3, -0.25) is 0 Å². The van der Waals surface area contributed by atoms with Crippen molar-refractivity contribution >= 4 is 44.6 Å². The molecule has 0 bridgehead atoms. The summed E-state index contributed by atoms with van der Waals surface area (Å²) in [7, 11) is 0. The third kappa shape index (κ3) is 2.56. The van der Waals surface area contributed by atoms with Gasteiger partial charge in [0.05, 0.1) is 5.38 Å². The normalized spacial score (nSPS) is 12.8. The fourth-order valence-electron chi connectivity index (χ4n) is 2.26. The molecule has 0 nitrogen and oxygen atoms in total. The van der Waals surface area contributed by atoms with Crippen LogP contribution in [0.25, 0.3) is 10.1 Å². The number of fused-ring (bicyclic) bond motifs is 1. The fourth-order valence-corrected chi connectivity index (χ4v) is 3.92. The van der Waals surface area contributed by atoms with Gasteiger partial charge in [-0.2, -0.15) is 0 Å². The van der Waals surface area contributed by atoms with Gasteiger partial charge in [0, 0.05) is 15.3 Å². The predicted molar refractivity (Wildman–Crippen MR) is 85.5 cm³/mol. The lowest BCUT2D eigenvalue weighted by Crippen LogP contribution is -1.99. The molecule has 0 aliphatic carbocycles. The Balaban J connectivity index is 1.95. The summed E-state index contributed by atoms with van der Waals surface area (Å²) >= 11 is 14.2. The maximum atomic E-state index is 13.8. The standard InChI is InChI=1S/C16H11Cl2FS/c17-13-5-3-6-15(19)11(13)8-14(18)12-9-20-16-7-2-1-4-10(12)16/h1-7,9,14H,8H2. The van der Waals surface area contributed by atoms with E-state index in [0.29, 0.717) is 17.0 Å². The van der Waals surface area contributed by atoms with Crippen molar-refractivity contribution in [3.63, 3.8) is 0 Å². The highest BCUT2D eigenvalue weighted by atomic mass is 35.5. The third-order valence-electron chi connectivity index (χ3n) is 3.29. The molecule has 20 heavy (non-hydrogen) atoms. The van der Waals surface area contributed by atoms with Crippen molar-refractivity contribution in [2.75, 3.05) is 0 Å². The summed E-state index contributed by atoms with van der Waals surface area (Å²) in [6.07, 6.45) is 0.383. The Bertz CT molecular complexity index is 731. The second kappa shape index (κ2) is 5.72. The first-order valence-corrected chi connectivity index (χ1v) is 7.89. The first-order valence-electron chi connectivity index (χ1n) is 6.20. The minimum Gasteiger partial charge on any atom is -0.207 e. The summed E-state index contributed by atoms with van der Waals surface area (Å²) in [5.41, 5.74) is 1.51. The van der Waals surface area contributed by atoms with Crippen molar-refractivity contribution in [1.82, 2.24) is 0 Å². The lowest BCUT2D eigenvalue weighted by Gasteiger charge is -2.11. The van der Waals surface area contributed by atoms with E-state index in [1.54, 1.807) is 23.5 Å². The molecule has 1 unspecified atom stereocenters. The molecule has 0 saturated carbocycles. The zero-order chi connectivity index (χ0) is 14.1. The van der Waals surface area contributed by atoms with E-state index < -0.39 is 0 Å². The number of hydrogen-bond acceptors (Lipinski definition) is 1. The van der Waals surface area contributed by atoms with Gasteiger partial charge in [-0.15, -0.1) is 22.9 Å². The molecule has 1 aromatic heterocycles. The molecule has 0 spiro atoms. The molecule has 102 valence electrons. The minimum atomic E-state index is -0.303. The van der Waals surface area contributed by atoms with Crippen LogP contribution < -0.4 is 0 Å². The number of benzene rings is 2. The zero-order valence-electron chi connectivity index (χ0n) is 10.4. The van der Waals surface area contributed by atoms with Crippen LogP contribution in [0.5, 0.6) is 0 Å². The summed E-state index contributed by atoms with van der Waals surface area (Å²) < 4.78 is 15.0. The Hall–Kier alpha value is -1.09. The van der Waals surface area contributed by atoms with Crippen LogP contribution in [0, 0.1) is 5.82 Å². The smallest absolute Gasteiger partial charge is 0.127 e. The molecule has 1 heterocycles. The summed E-state index contributed by atoms with van der Waals surface area (Å²) in [5, 5.41) is 3.30. The third-order valence-corrected chi connectivity index (χ3v) is 5.02. The van der Waals surface area contributed by atoms with Gasteiger partial charge in [-0.05, 0) is 40.9 Å². The summed E-state index contributed by atoms with van der Waals surface area (Å²) in [4.78, 5) is 0. The highest BCUT2D eigenvalue weighted by molar-refractivity contribution is 7.17. The van der Waals surface area contributed by atoms with Gasteiger partial charge < -0.3 is 0 Å². The van der Waals surface area contributed by atoms with Gasteiger partial charge in [0.2, 0.25) is 0 Å². The maximum absolute atomic E-state index is 13.8. The largest absolute Gasteiger partial charge is 0.207 e. The number of hydrogen-bond donors (Lipinski definition) is 0. The average Bonchev–Trinajstić information content (AvgIpc) is 2.87. The van der Waals surface area contributed by atoms with E-state index in [1.807, 2.05) is 23.6 Å². The van der Waals surface area contributed by atoms with Crippen LogP contribution in [0.15, 0.2) is 47.8 Å². The van der Waals surface area contributed by atoms with E-state index in [2.05, 4.69) is 6.07 Å². The number of thiophene rings is 1. The van der Waals surface area contributed by atoms with E-state index in [1.165, 1.54) is 10.8 Å². The Kier molecular flexibility index (Phi) is 3.97. The van der Waals surface area contributed by atoms with E-state index in [-0.39, 0.29) is 11.2 Å². The van der Waals surface area contributed by atoms with Gasteiger partial charge in [0.15, 0.2) is 0 Å². The van der Waals surface area contributed by atoms with Crippen molar-refractivity contribution in [1.29, 1.82) is 0 Å². The van der Waals surface area contributed by atoms with Crippen LogP contribution in [0.3, 0.4) is 0 Å². The van der Waals surface area contributed by atoms with Crippen LogP contribution in [-0.4, -0.2) is 0 Å². The van der Waals surface area contributed by atoms with Gasteiger partial charge >= 0.3 is 0 Å². The molecule has 0 aliphatic heterocycles. The molecule has 0 fully saturated rings. The van der Waals surface area contributed by atoms with Crippen molar-refractivity contribution < 1.29 is 4.39 Å². The first-order chi connectivity index (χ1) is 9.66. The van der Waals surface area contributed by atoms with Gasteiger partial charge in [-0.1, -0.05) is 35.9 Å². The minimum absolute atomic E-state index is 0.291. The van der Waals surface area contributed by atoms with E-state index in [9.17, 15) is 4.39 Å². The van der Waals surface area contributed by atoms with Crippen LogP contribution in [0.1, 0.15) is 16.5 Å². The van der Waals surface area contributed by atoms with Crippen LogP contribution in [-0.2, 0) is 6.42 Å². The molecule has 1 atom stereocenters. The topological polar surface area (TPSA) is 0 Å². The van der Waals surface area contributed by atoms with Crippen LogP contribution in [0.2, 0.25) is 5.02 Å². The van der Waals surface area contributed by atoms with Crippen LogP contribution in [0.4, 0.5) is 4.39 Å². The highest BCUT2D eigenvalue weighted by Crippen LogP contribution is 2.36. The second-order valence-electron chi connectivity index (χ2n) is 4.56. The molecular formula is C16H11Cl2FS. The lowest BCUT2D eigenvalue weighted by molar-refractivity contribution is 0.607. The SMILES string of the molecule is Fc1cccc(Cl)c1CC(Cl)c1csc2ccccc12. The molecule has 0 radical (unpaired) electrons. The Labute approximate surface area is 130 Å². The summed E-state index contributed by atoms with van der Waals surface area (Å²) in [6.45, 7) is 0. The predicted octanol–water partition coefficient (Wildman–Crippen LogP) is 6.22. The summed E-state index contributed by atoms with van der Waals surface area (Å²) in [6, 6.07) is 12.8. The second-order valence-corrected chi connectivity index (χ2v) is 6.40.